The highest BCUT2D eigenvalue weighted by atomic mass is 16.6. The lowest BCUT2D eigenvalue weighted by Gasteiger charge is -2.19. The first kappa shape index (κ1) is 16.2. The molecule has 0 aliphatic carbocycles. The normalized spacial score (nSPS) is 12.6. The van der Waals surface area contributed by atoms with Gasteiger partial charge >= 0.3 is 0 Å². The smallest absolute Gasteiger partial charge is 0.262 e. The van der Waals surface area contributed by atoms with Crippen LogP contribution in [0.5, 0.6) is 17.2 Å². The molecule has 2 aromatic carbocycles. The van der Waals surface area contributed by atoms with Crippen molar-refractivity contribution in [1.82, 2.24) is 0 Å². The Hall–Kier alpha value is -2.69. The van der Waals surface area contributed by atoms with E-state index in [-0.39, 0.29) is 12.5 Å². The van der Waals surface area contributed by atoms with Gasteiger partial charge in [-0.3, -0.25) is 4.79 Å². The Balaban J connectivity index is 1.62. The molecule has 5 heteroatoms. The Morgan fingerprint density at radius 2 is 1.96 bits per heavy atom. The average Bonchev–Trinajstić information content (AvgIpc) is 2.61. The van der Waals surface area contributed by atoms with Crippen LogP contribution in [0.3, 0.4) is 0 Å². The van der Waals surface area contributed by atoms with Gasteiger partial charge in [-0.05, 0) is 36.6 Å². The third-order valence-electron chi connectivity index (χ3n) is 3.89. The molecule has 1 N–H and O–H groups in total. The molecule has 0 saturated carbocycles. The first-order valence-corrected chi connectivity index (χ1v) is 8.08. The summed E-state index contributed by atoms with van der Waals surface area (Å²) in [5, 5.41) is 2.94. The van der Waals surface area contributed by atoms with E-state index in [1.54, 1.807) is 18.2 Å². The molecule has 1 heterocycles. The lowest BCUT2D eigenvalue weighted by molar-refractivity contribution is -0.118. The van der Waals surface area contributed by atoms with E-state index in [2.05, 4.69) is 12.2 Å². The number of rotatable bonds is 5. The number of aryl methyl sites for hydroxylation is 2. The fourth-order valence-corrected chi connectivity index (χ4v) is 2.64. The summed E-state index contributed by atoms with van der Waals surface area (Å²) in [7, 11) is 0. The Morgan fingerprint density at radius 1 is 1.17 bits per heavy atom. The molecule has 2 aromatic rings. The molecular weight excluding hydrogens is 306 g/mol. The average molecular weight is 327 g/mol. The van der Waals surface area contributed by atoms with E-state index < -0.39 is 0 Å². The van der Waals surface area contributed by atoms with Crippen molar-refractivity contribution in [3.05, 3.63) is 47.5 Å². The van der Waals surface area contributed by atoms with Gasteiger partial charge in [-0.15, -0.1) is 0 Å². The monoisotopic (exact) mass is 327 g/mol. The van der Waals surface area contributed by atoms with Crippen LogP contribution in [0.25, 0.3) is 0 Å². The summed E-state index contributed by atoms with van der Waals surface area (Å²) in [5.74, 6) is 1.74. The fourth-order valence-electron chi connectivity index (χ4n) is 2.64. The van der Waals surface area contributed by atoms with Gasteiger partial charge in [-0.25, -0.2) is 0 Å². The molecule has 5 nitrogen and oxygen atoms in total. The minimum atomic E-state index is -0.186. The Morgan fingerprint density at radius 3 is 2.75 bits per heavy atom. The number of benzene rings is 2. The first-order valence-electron chi connectivity index (χ1n) is 8.08. The van der Waals surface area contributed by atoms with Gasteiger partial charge in [0.25, 0.3) is 5.91 Å². The quantitative estimate of drug-likeness (QED) is 0.915. The highest BCUT2D eigenvalue weighted by Gasteiger charge is 2.13. The number of ether oxygens (including phenoxy) is 3. The third-order valence-corrected chi connectivity index (χ3v) is 3.89. The van der Waals surface area contributed by atoms with E-state index in [1.165, 1.54) is 0 Å². The highest BCUT2D eigenvalue weighted by molar-refractivity contribution is 5.93. The second-order valence-corrected chi connectivity index (χ2v) is 5.60. The van der Waals surface area contributed by atoms with Gasteiger partial charge in [0.2, 0.25) is 0 Å². The van der Waals surface area contributed by atoms with Crippen LogP contribution in [0.15, 0.2) is 36.4 Å². The van der Waals surface area contributed by atoms with Gasteiger partial charge in [0.15, 0.2) is 18.1 Å². The van der Waals surface area contributed by atoms with E-state index >= 15 is 0 Å². The number of amides is 1. The molecule has 0 fully saturated rings. The molecule has 0 aromatic heterocycles. The summed E-state index contributed by atoms with van der Waals surface area (Å²) in [6.07, 6.45) is 0.861. The van der Waals surface area contributed by atoms with Gasteiger partial charge in [0.05, 0.1) is 0 Å². The lowest BCUT2D eigenvalue weighted by atomic mass is 10.1. The van der Waals surface area contributed by atoms with Crippen molar-refractivity contribution in [3.63, 3.8) is 0 Å². The number of para-hydroxylation sites is 1. The molecule has 1 aliphatic heterocycles. The van der Waals surface area contributed by atoms with Crippen molar-refractivity contribution >= 4 is 11.6 Å². The first-order chi connectivity index (χ1) is 11.7. The van der Waals surface area contributed by atoms with Gasteiger partial charge < -0.3 is 19.5 Å². The third kappa shape index (κ3) is 3.62. The summed E-state index contributed by atoms with van der Waals surface area (Å²) < 4.78 is 16.5. The van der Waals surface area contributed by atoms with Crippen LogP contribution in [0, 0.1) is 6.92 Å². The zero-order valence-corrected chi connectivity index (χ0v) is 13.9. The van der Waals surface area contributed by atoms with Crippen molar-refractivity contribution < 1.29 is 19.0 Å². The Labute approximate surface area is 141 Å². The van der Waals surface area contributed by atoms with Crippen LogP contribution >= 0.6 is 0 Å². The minimum absolute atomic E-state index is 0.0584. The predicted octanol–water partition coefficient (Wildman–Crippen LogP) is 3.35. The van der Waals surface area contributed by atoms with Crippen LogP contribution in [0.4, 0.5) is 5.69 Å². The fraction of sp³-hybridized carbons (Fsp3) is 0.316. The summed E-state index contributed by atoms with van der Waals surface area (Å²) in [6, 6.07) is 11.3. The van der Waals surface area contributed by atoms with E-state index in [0.717, 1.165) is 23.2 Å². The molecule has 3 rings (SSSR count). The summed E-state index contributed by atoms with van der Waals surface area (Å²) in [4.78, 5) is 12.2. The second kappa shape index (κ2) is 7.25. The summed E-state index contributed by atoms with van der Waals surface area (Å²) in [6.45, 7) is 5.06. The maximum Gasteiger partial charge on any atom is 0.262 e. The Bertz CT molecular complexity index is 742. The van der Waals surface area contributed by atoms with Crippen LogP contribution in [0.1, 0.15) is 18.1 Å². The van der Waals surface area contributed by atoms with Crippen LogP contribution < -0.4 is 19.5 Å². The zero-order valence-electron chi connectivity index (χ0n) is 13.9. The number of carbonyl (C=O) groups is 1. The summed E-state index contributed by atoms with van der Waals surface area (Å²) in [5.41, 5.74) is 3.03. The predicted molar refractivity (Wildman–Crippen MR) is 92.1 cm³/mol. The van der Waals surface area contributed by atoms with Gasteiger partial charge in [0.1, 0.15) is 19.0 Å². The SMILES string of the molecule is CCc1cccc(C)c1NC(=O)COc1ccc2c(c1)OCCO2. The van der Waals surface area contributed by atoms with Crippen molar-refractivity contribution in [2.24, 2.45) is 0 Å². The molecule has 126 valence electrons. The number of nitrogens with one attached hydrogen (secondary N) is 1. The topological polar surface area (TPSA) is 56.8 Å². The molecule has 0 unspecified atom stereocenters. The van der Waals surface area contributed by atoms with Gasteiger partial charge in [0, 0.05) is 11.8 Å². The molecule has 0 saturated heterocycles. The highest BCUT2D eigenvalue weighted by Crippen LogP contribution is 2.33. The van der Waals surface area contributed by atoms with Crippen molar-refractivity contribution in [2.75, 3.05) is 25.1 Å². The lowest BCUT2D eigenvalue weighted by Crippen LogP contribution is -2.21. The van der Waals surface area contributed by atoms with Gasteiger partial charge in [-0.2, -0.15) is 0 Å². The van der Waals surface area contributed by atoms with Crippen molar-refractivity contribution in [1.29, 1.82) is 0 Å². The molecule has 0 spiro atoms. The molecule has 1 amide bonds. The minimum Gasteiger partial charge on any atom is -0.486 e. The molecule has 1 aliphatic rings. The number of hydrogen-bond acceptors (Lipinski definition) is 4. The van der Waals surface area contributed by atoms with Crippen LogP contribution in [0.2, 0.25) is 0 Å². The number of hydrogen-bond donors (Lipinski definition) is 1. The second-order valence-electron chi connectivity index (χ2n) is 5.60. The maximum absolute atomic E-state index is 12.2. The molecule has 0 atom stereocenters. The standard InChI is InChI=1S/C19H21NO4/c1-3-14-6-4-5-13(2)19(14)20-18(21)12-24-15-7-8-16-17(11-15)23-10-9-22-16/h4-8,11H,3,9-10,12H2,1-2H3,(H,20,21). The van der Waals surface area contributed by atoms with Crippen molar-refractivity contribution in [2.45, 2.75) is 20.3 Å². The van der Waals surface area contributed by atoms with E-state index in [9.17, 15) is 4.79 Å². The number of anilines is 1. The van der Waals surface area contributed by atoms with Gasteiger partial charge in [-0.1, -0.05) is 25.1 Å². The van der Waals surface area contributed by atoms with E-state index in [4.69, 9.17) is 14.2 Å². The molecule has 24 heavy (non-hydrogen) atoms. The van der Waals surface area contributed by atoms with Crippen LogP contribution in [-0.4, -0.2) is 25.7 Å². The molecular formula is C19H21NO4. The largest absolute Gasteiger partial charge is 0.486 e. The van der Waals surface area contributed by atoms with Crippen molar-refractivity contribution in [3.8, 4) is 17.2 Å². The zero-order chi connectivity index (χ0) is 16.9. The number of fused-ring (bicyclic) bond motifs is 1. The van der Waals surface area contributed by atoms with E-state index in [0.29, 0.717) is 30.5 Å². The van der Waals surface area contributed by atoms with Crippen LogP contribution in [-0.2, 0) is 11.2 Å². The maximum atomic E-state index is 12.2. The molecule has 0 radical (unpaired) electrons. The Kier molecular flexibility index (Phi) is 4.89. The number of carbonyl (C=O) groups excluding carboxylic acids is 1. The van der Waals surface area contributed by atoms with E-state index in [1.807, 2.05) is 25.1 Å². The molecule has 0 bridgehead atoms. The summed E-state index contributed by atoms with van der Waals surface area (Å²) >= 11 is 0.